The van der Waals surface area contributed by atoms with Gasteiger partial charge in [0, 0.05) is 0 Å². The molecule has 1 N–H and O–H groups in total. The lowest BCUT2D eigenvalue weighted by Crippen LogP contribution is -2.19. The molecule has 0 aliphatic rings. The summed E-state index contributed by atoms with van der Waals surface area (Å²) in [4.78, 5) is 12.3. The number of rotatable bonds is 5. The van der Waals surface area contributed by atoms with Gasteiger partial charge < -0.3 is 4.79 Å². The summed E-state index contributed by atoms with van der Waals surface area (Å²) in [5.41, 5.74) is -1.54. The fourth-order valence-corrected chi connectivity index (χ4v) is 6.39. The maximum Gasteiger partial charge on any atom is 0.537 e. The van der Waals surface area contributed by atoms with Gasteiger partial charge in [0.15, 0.2) is 28.8 Å². The van der Waals surface area contributed by atoms with Crippen LogP contribution in [0, 0.1) is 29.1 Å². The first-order valence-electron chi connectivity index (χ1n) is 9.63. The van der Waals surface area contributed by atoms with Gasteiger partial charge in [-0.3, -0.25) is 0 Å². The zero-order valence-electron chi connectivity index (χ0n) is 16.8. The highest BCUT2D eigenvalue weighted by atomic mass is 32.3. The molecule has 0 amide bonds. The molecule has 4 aromatic rings. The van der Waals surface area contributed by atoms with Gasteiger partial charge in [0.1, 0.15) is 0 Å². The molecule has 0 saturated heterocycles. The van der Waals surface area contributed by atoms with Crippen molar-refractivity contribution in [2.75, 3.05) is 0 Å². The normalized spacial score (nSPS) is 11.8. The van der Waals surface area contributed by atoms with Crippen molar-refractivity contribution in [1.82, 2.24) is 0 Å². The van der Waals surface area contributed by atoms with E-state index in [4.69, 9.17) is 4.18 Å². The lowest BCUT2D eigenvalue weighted by molar-refractivity contribution is 0.371. The molecule has 0 fully saturated rings. The van der Waals surface area contributed by atoms with Crippen molar-refractivity contribution in [3.8, 4) is 0 Å². The van der Waals surface area contributed by atoms with Crippen molar-refractivity contribution in [2.24, 2.45) is 0 Å². The minimum Gasteiger partial charge on any atom is -0.334 e. The van der Waals surface area contributed by atoms with Gasteiger partial charge in [-0.25, -0.2) is 26.1 Å². The molecular formula is C25H16F5O2S+. The molecule has 0 bridgehead atoms. The second-order valence-electron chi connectivity index (χ2n) is 6.83. The van der Waals surface area contributed by atoms with E-state index in [1.54, 1.807) is 91.0 Å². The van der Waals surface area contributed by atoms with Gasteiger partial charge >= 0.3 is 5.97 Å². The van der Waals surface area contributed by atoms with Gasteiger partial charge in [0.05, 0.1) is 25.0 Å². The zero-order chi connectivity index (χ0) is 23.6. The third-order valence-corrected chi connectivity index (χ3v) is 8.07. The van der Waals surface area contributed by atoms with Gasteiger partial charge in [-0.2, -0.15) is 0 Å². The summed E-state index contributed by atoms with van der Waals surface area (Å²) >= 11 is 0. The molecule has 168 valence electrons. The molecule has 8 heteroatoms. The Morgan fingerprint density at radius 2 is 0.818 bits per heavy atom. The van der Waals surface area contributed by atoms with Crippen molar-refractivity contribution in [2.45, 2.75) is 14.7 Å². The monoisotopic (exact) mass is 475 g/mol. The number of hydrogen-bond acceptors (Lipinski definition) is 1. The van der Waals surface area contributed by atoms with Crippen LogP contribution in [0.25, 0.3) is 0 Å². The van der Waals surface area contributed by atoms with Crippen LogP contribution in [0.1, 0.15) is 5.56 Å². The van der Waals surface area contributed by atoms with Crippen molar-refractivity contribution in [3.05, 3.63) is 126 Å². The highest BCUT2D eigenvalue weighted by Crippen LogP contribution is 2.69. The smallest absolute Gasteiger partial charge is 0.334 e. The third kappa shape index (κ3) is 3.87. The highest BCUT2D eigenvalue weighted by Gasteiger charge is 2.45. The van der Waals surface area contributed by atoms with Gasteiger partial charge in [-0.15, -0.1) is 0 Å². The Morgan fingerprint density at radius 1 is 0.515 bits per heavy atom. The first-order valence-corrected chi connectivity index (χ1v) is 11.2. The van der Waals surface area contributed by atoms with Gasteiger partial charge in [0.2, 0.25) is 5.82 Å². The van der Waals surface area contributed by atoms with E-state index in [0.29, 0.717) is 14.7 Å². The highest BCUT2D eigenvalue weighted by molar-refractivity contribution is 8.30. The minimum absolute atomic E-state index is 0.526. The van der Waals surface area contributed by atoms with Gasteiger partial charge in [-0.05, 0) is 36.4 Å². The fraction of sp³-hybridized carbons (Fsp3) is 0. The maximum absolute atomic E-state index is 14.5. The van der Waals surface area contributed by atoms with Gasteiger partial charge in [-0.1, -0.05) is 54.6 Å². The summed E-state index contributed by atoms with van der Waals surface area (Å²) in [5, 5.41) is 0. The van der Waals surface area contributed by atoms with Crippen LogP contribution in [0.2, 0.25) is 0 Å². The largest absolute Gasteiger partial charge is 0.537 e. The van der Waals surface area contributed by atoms with E-state index in [1.807, 2.05) is 0 Å². The first-order chi connectivity index (χ1) is 15.9. The Labute approximate surface area is 187 Å². The average molecular weight is 475 g/mol. The zero-order valence-corrected chi connectivity index (χ0v) is 17.6. The van der Waals surface area contributed by atoms with Crippen LogP contribution in [-0.4, -0.2) is 10.8 Å². The molecule has 2 nitrogen and oxygen atoms in total. The summed E-state index contributed by atoms with van der Waals surface area (Å²) in [6.45, 7) is 0. The molecule has 0 spiro atoms. The summed E-state index contributed by atoms with van der Waals surface area (Å²) in [5.74, 6) is -12.5. The maximum atomic E-state index is 14.5. The van der Waals surface area contributed by atoms with Crippen LogP contribution in [0.5, 0.6) is 0 Å². The Kier molecular flexibility index (Phi) is 6.20. The van der Waals surface area contributed by atoms with E-state index in [-0.39, 0.29) is 0 Å². The molecule has 0 aliphatic carbocycles. The van der Waals surface area contributed by atoms with Crippen molar-refractivity contribution < 1.29 is 30.9 Å². The second kappa shape index (κ2) is 9.07. The average Bonchev–Trinajstić information content (AvgIpc) is 2.86. The summed E-state index contributed by atoms with van der Waals surface area (Å²) in [6, 6.07) is 25.7. The van der Waals surface area contributed by atoms with E-state index in [9.17, 15) is 26.7 Å². The van der Waals surface area contributed by atoms with Crippen LogP contribution >= 0.6 is 10.3 Å². The predicted octanol–water partition coefficient (Wildman–Crippen LogP) is 7.15. The summed E-state index contributed by atoms with van der Waals surface area (Å²) in [6.07, 6.45) is 0. The molecular weight excluding hydrogens is 459 g/mol. The number of carbonyl (C=O) groups excluding carboxylic acids is 1. The summed E-state index contributed by atoms with van der Waals surface area (Å²) < 4.78 is 76.0. The van der Waals surface area contributed by atoms with Crippen molar-refractivity contribution in [3.63, 3.8) is 0 Å². The Hall–Kier alpha value is -3.65. The van der Waals surface area contributed by atoms with Crippen LogP contribution in [0.3, 0.4) is 0 Å². The molecule has 4 aromatic carbocycles. The Morgan fingerprint density at radius 3 is 1.15 bits per heavy atom. The van der Waals surface area contributed by atoms with Crippen LogP contribution in [-0.2, 0) is 4.18 Å². The Bertz CT molecular complexity index is 1170. The molecule has 0 saturated carbocycles. The van der Waals surface area contributed by atoms with E-state index >= 15 is 0 Å². The van der Waals surface area contributed by atoms with Crippen molar-refractivity contribution >= 4 is 16.3 Å². The molecule has 0 unspecified atom stereocenters. The number of benzene rings is 4. The third-order valence-electron chi connectivity index (χ3n) is 4.85. The molecule has 0 aromatic heterocycles. The van der Waals surface area contributed by atoms with Crippen LogP contribution < -0.4 is 0 Å². The molecule has 0 atom stereocenters. The number of halogens is 5. The minimum atomic E-state index is -2.91. The standard InChI is InChI=1S/C25H15F5O2S/c26-20-19(21(27)23(29)24(30)22(20)28)25(31)32-33(16-10-4-1-5-11-16,17-12-6-2-7-13-17)18-14-8-3-9-15-18/h1-15H/p+1. The fourth-order valence-electron chi connectivity index (χ4n) is 3.34. The molecule has 4 rings (SSSR count). The summed E-state index contributed by atoms with van der Waals surface area (Å²) in [7, 11) is -2.91. The molecule has 0 heterocycles. The quantitative estimate of drug-likeness (QED) is 0.131. The van der Waals surface area contributed by atoms with Crippen LogP contribution in [0.4, 0.5) is 22.0 Å². The SMILES string of the molecule is [OH+]=C(OS(c1ccccc1)(c1ccccc1)c1ccccc1)c1c(F)c(F)c(F)c(F)c1F. The lowest BCUT2D eigenvalue weighted by atomic mass is 10.1. The topological polar surface area (TPSA) is 30.6 Å². The van der Waals surface area contributed by atoms with Gasteiger partial charge in [0.25, 0.3) is 0 Å². The van der Waals surface area contributed by atoms with Crippen LogP contribution in [0.15, 0.2) is 106 Å². The lowest BCUT2D eigenvalue weighted by Gasteiger charge is -2.33. The van der Waals surface area contributed by atoms with Crippen molar-refractivity contribution in [1.29, 1.82) is 0 Å². The molecule has 33 heavy (non-hydrogen) atoms. The van der Waals surface area contributed by atoms with E-state index in [2.05, 4.69) is 0 Å². The number of hydrogen-bond donors (Lipinski definition) is 0. The Balaban J connectivity index is 1.99. The first kappa shape index (κ1) is 22.5. The van der Waals surface area contributed by atoms with E-state index < -0.39 is 50.9 Å². The second-order valence-corrected chi connectivity index (χ2v) is 9.52. The predicted molar refractivity (Wildman–Crippen MR) is 115 cm³/mol. The van der Waals surface area contributed by atoms with E-state index in [0.717, 1.165) is 0 Å². The molecule has 0 radical (unpaired) electrons. The molecule has 0 aliphatic heterocycles. The van der Waals surface area contributed by atoms with E-state index in [1.165, 1.54) is 0 Å².